The maximum absolute atomic E-state index is 4.54. The lowest BCUT2D eigenvalue weighted by Crippen LogP contribution is -2.09. The number of fused-ring (bicyclic) bond motifs is 1. The fourth-order valence-electron chi connectivity index (χ4n) is 2.40. The van der Waals surface area contributed by atoms with Crippen molar-refractivity contribution in [3.8, 4) is 0 Å². The van der Waals surface area contributed by atoms with Gasteiger partial charge in [-0.3, -0.25) is 4.68 Å². The predicted octanol–water partition coefficient (Wildman–Crippen LogP) is 3.21. The monoisotopic (exact) mass is 287 g/mol. The zero-order valence-electron chi connectivity index (χ0n) is 12.0. The van der Waals surface area contributed by atoms with E-state index in [-0.39, 0.29) is 6.04 Å². The highest BCUT2D eigenvalue weighted by Crippen LogP contribution is 2.29. The second-order valence-corrected chi connectivity index (χ2v) is 5.88. The van der Waals surface area contributed by atoms with E-state index in [1.165, 1.54) is 5.56 Å². The first-order chi connectivity index (χ1) is 9.54. The van der Waals surface area contributed by atoms with Crippen LogP contribution < -0.4 is 5.32 Å². The first-order valence-corrected chi connectivity index (χ1v) is 7.41. The Morgan fingerprint density at radius 1 is 1.30 bits per heavy atom. The van der Waals surface area contributed by atoms with Crippen LogP contribution in [0.5, 0.6) is 0 Å². The summed E-state index contributed by atoms with van der Waals surface area (Å²) in [5.74, 6) is 1.69. The van der Waals surface area contributed by atoms with Crippen LogP contribution in [0.3, 0.4) is 0 Å². The maximum Gasteiger partial charge on any atom is 0.148 e. The van der Waals surface area contributed by atoms with E-state index >= 15 is 0 Å². The molecule has 3 aromatic heterocycles. The normalized spacial score (nSPS) is 12.8. The summed E-state index contributed by atoms with van der Waals surface area (Å²) in [6.07, 6.45) is 2.05. The molecule has 0 radical (unpaired) electrons. The molecule has 3 aromatic rings. The van der Waals surface area contributed by atoms with Crippen LogP contribution in [0.1, 0.15) is 30.0 Å². The van der Waals surface area contributed by atoms with E-state index in [9.17, 15) is 0 Å². The molecule has 6 heteroatoms. The van der Waals surface area contributed by atoms with Gasteiger partial charge < -0.3 is 5.32 Å². The van der Waals surface area contributed by atoms with Gasteiger partial charge in [0, 0.05) is 18.8 Å². The highest BCUT2D eigenvalue weighted by atomic mass is 32.1. The highest BCUT2D eigenvalue weighted by molar-refractivity contribution is 7.17. The van der Waals surface area contributed by atoms with Crippen molar-refractivity contribution in [2.45, 2.75) is 26.8 Å². The Morgan fingerprint density at radius 3 is 2.80 bits per heavy atom. The summed E-state index contributed by atoms with van der Waals surface area (Å²) >= 11 is 1.66. The van der Waals surface area contributed by atoms with Crippen molar-refractivity contribution in [1.29, 1.82) is 0 Å². The summed E-state index contributed by atoms with van der Waals surface area (Å²) in [4.78, 5) is 8.98. The Kier molecular flexibility index (Phi) is 3.17. The van der Waals surface area contributed by atoms with E-state index in [0.717, 1.165) is 27.6 Å². The summed E-state index contributed by atoms with van der Waals surface area (Å²) < 4.78 is 2.94. The predicted molar refractivity (Wildman–Crippen MR) is 82.1 cm³/mol. The van der Waals surface area contributed by atoms with Gasteiger partial charge in [0.05, 0.1) is 22.0 Å². The van der Waals surface area contributed by atoms with Gasteiger partial charge in [0.15, 0.2) is 0 Å². The number of thiophene rings is 1. The lowest BCUT2D eigenvalue weighted by Gasteiger charge is -2.14. The zero-order chi connectivity index (χ0) is 14.3. The van der Waals surface area contributed by atoms with E-state index in [1.54, 1.807) is 11.3 Å². The number of rotatable bonds is 3. The quantitative estimate of drug-likeness (QED) is 0.803. The molecule has 0 bridgehead atoms. The average molecular weight is 287 g/mol. The molecule has 0 aliphatic heterocycles. The van der Waals surface area contributed by atoms with Gasteiger partial charge in [0.1, 0.15) is 11.6 Å². The second-order valence-electron chi connectivity index (χ2n) is 4.96. The molecule has 1 atom stereocenters. The zero-order valence-corrected chi connectivity index (χ0v) is 12.8. The Bertz CT molecular complexity index is 758. The molecule has 104 valence electrons. The molecular formula is C14H17N5S. The van der Waals surface area contributed by atoms with Gasteiger partial charge in [-0.2, -0.15) is 5.10 Å². The molecule has 3 heterocycles. The van der Waals surface area contributed by atoms with Crippen LogP contribution in [0.15, 0.2) is 17.6 Å². The topological polar surface area (TPSA) is 55.6 Å². The molecule has 0 aromatic carbocycles. The minimum absolute atomic E-state index is 0.156. The van der Waals surface area contributed by atoms with Gasteiger partial charge in [0.25, 0.3) is 0 Å². The number of hydrogen-bond donors (Lipinski definition) is 1. The number of aryl methyl sites for hydroxylation is 3. The third kappa shape index (κ3) is 2.27. The summed E-state index contributed by atoms with van der Waals surface area (Å²) in [6, 6.07) is 2.18. The fourth-order valence-corrected chi connectivity index (χ4v) is 3.19. The summed E-state index contributed by atoms with van der Waals surface area (Å²) in [5, 5.41) is 9.92. The Labute approximate surface area is 121 Å². The number of aromatic nitrogens is 4. The Balaban J connectivity index is 1.96. The summed E-state index contributed by atoms with van der Waals surface area (Å²) in [7, 11) is 1.94. The first kappa shape index (κ1) is 13.1. The van der Waals surface area contributed by atoms with Crippen molar-refractivity contribution in [2.24, 2.45) is 7.05 Å². The van der Waals surface area contributed by atoms with Crippen molar-refractivity contribution in [3.63, 3.8) is 0 Å². The molecule has 3 rings (SSSR count). The van der Waals surface area contributed by atoms with Crippen LogP contribution in [-0.2, 0) is 7.05 Å². The van der Waals surface area contributed by atoms with Crippen LogP contribution in [0.2, 0.25) is 0 Å². The van der Waals surface area contributed by atoms with Gasteiger partial charge in [-0.05, 0) is 32.2 Å². The molecule has 1 unspecified atom stereocenters. The third-order valence-electron chi connectivity index (χ3n) is 3.29. The molecular weight excluding hydrogens is 270 g/mol. The minimum atomic E-state index is 0.156. The molecule has 0 spiro atoms. The SMILES string of the molecule is Cc1nc(NC(C)c2cn(C)nc2C)c2sccc2n1. The minimum Gasteiger partial charge on any atom is -0.362 e. The molecule has 0 saturated heterocycles. The van der Waals surface area contributed by atoms with Crippen molar-refractivity contribution >= 4 is 27.4 Å². The first-order valence-electron chi connectivity index (χ1n) is 6.53. The largest absolute Gasteiger partial charge is 0.362 e. The number of anilines is 1. The van der Waals surface area contributed by atoms with Gasteiger partial charge >= 0.3 is 0 Å². The van der Waals surface area contributed by atoms with Crippen molar-refractivity contribution in [3.05, 3.63) is 34.7 Å². The molecule has 20 heavy (non-hydrogen) atoms. The highest BCUT2D eigenvalue weighted by Gasteiger charge is 2.14. The van der Waals surface area contributed by atoms with E-state index in [4.69, 9.17) is 0 Å². The van der Waals surface area contributed by atoms with Crippen LogP contribution in [0.25, 0.3) is 10.2 Å². The van der Waals surface area contributed by atoms with Crippen molar-refractivity contribution < 1.29 is 0 Å². The van der Waals surface area contributed by atoms with Gasteiger partial charge in [-0.25, -0.2) is 9.97 Å². The van der Waals surface area contributed by atoms with Crippen LogP contribution in [0.4, 0.5) is 5.82 Å². The van der Waals surface area contributed by atoms with Crippen LogP contribution in [-0.4, -0.2) is 19.7 Å². The standard InChI is InChI=1S/C14H17N5S/c1-8(11-7-19(4)18-9(11)2)15-14-13-12(5-6-20-13)16-10(3)17-14/h5-8H,1-4H3,(H,15,16,17). The molecule has 0 aliphatic rings. The smallest absolute Gasteiger partial charge is 0.148 e. The second kappa shape index (κ2) is 4.86. The number of hydrogen-bond acceptors (Lipinski definition) is 5. The Hall–Kier alpha value is -1.95. The van der Waals surface area contributed by atoms with E-state index in [0.29, 0.717) is 0 Å². The van der Waals surface area contributed by atoms with E-state index < -0.39 is 0 Å². The molecule has 0 saturated carbocycles. The van der Waals surface area contributed by atoms with E-state index in [1.807, 2.05) is 43.2 Å². The maximum atomic E-state index is 4.54. The molecule has 0 amide bonds. The molecule has 0 aliphatic carbocycles. The summed E-state index contributed by atoms with van der Waals surface area (Å²) in [5.41, 5.74) is 3.23. The number of nitrogens with zero attached hydrogens (tertiary/aromatic N) is 4. The van der Waals surface area contributed by atoms with E-state index in [2.05, 4.69) is 27.3 Å². The van der Waals surface area contributed by atoms with Crippen molar-refractivity contribution in [1.82, 2.24) is 19.7 Å². The molecule has 0 fully saturated rings. The van der Waals surface area contributed by atoms with Gasteiger partial charge in [0.2, 0.25) is 0 Å². The summed E-state index contributed by atoms with van der Waals surface area (Å²) in [6.45, 7) is 6.07. The lowest BCUT2D eigenvalue weighted by molar-refractivity contribution is 0.756. The van der Waals surface area contributed by atoms with Crippen molar-refractivity contribution in [2.75, 3.05) is 5.32 Å². The van der Waals surface area contributed by atoms with Crippen LogP contribution in [0, 0.1) is 13.8 Å². The van der Waals surface area contributed by atoms with Gasteiger partial charge in [-0.15, -0.1) is 11.3 Å². The third-order valence-corrected chi connectivity index (χ3v) is 4.20. The lowest BCUT2D eigenvalue weighted by atomic mass is 10.1. The van der Waals surface area contributed by atoms with Gasteiger partial charge in [-0.1, -0.05) is 0 Å². The fraction of sp³-hybridized carbons (Fsp3) is 0.357. The average Bonchev–Trinajstić information content (AvgIpc) is 2.95. The number of nitrogens with one attached hydrogen (secondary N) is 1. The van der Waals surface area contributed by atoms with Crippen LogP contribution >= 0.6 is 11.3 Å². The molecule has 5 nitrogen and oxygen atoms in total. The molecule has 1 N–H and O–H groups in total. The Morgan fingerprint density at radius 2 is 2.10 bits per heavy atom.